The summed E-state index contributed by atoms with van der Waals surface area (Å²) in [5, 5.41) is 2.82. The van der Waals surface area contributed by atoms with Crippen LogP contribution in [0.25, 0.3) is 0 Å². The van der Waals surface area contributed by atoms with Crippen molar-refractivity contribution in [2.24, 2.45) is 0 Å². The van der Waals surface area contributed by atoms with E-state index in [1.54, 1.807) is 23.7 Å². The summed E-state index contributed by atoms with van der Waals surface area (Å²) in [5.74, 6) is 0.0201. The first-order chi connectivity index (χ1) is 11.0. The molecule has 1 aliphatic rings. The van der Waals surface area contributed by atoms with Crippen LogP contribution in [0.15, 0.2) is 53.4 Å². The fourth-order valence-electron chi connectivity index (χ4n) is 2.45. The van der Waals surface area contributed by atoms with E-state index in [9.17, 15) is 9.59 Å². The summed E-state index contributed by atoms with van der Waals surface area (Å²) in [6, 6.07) is 15.4. The van der Waals surface area contributed by atoms with E-state index < -0.39 is 0 Å². The van der Waals surface area contributed by atoms with Gasteiger partial charge in [-0.3, -0.25) is 9.59 Å². The van der Waals surface area contributed by atoms with Gasteiger partial charge in [0, 0.05) is 17.6 Å². The van der Waals surface area contributed by atoms with Crippen molar-refractivity contribution >= 4 is 35.0 Å². The summed E-state index contributed by atoms with van der Waals surface area (Å²) in [6.45, 7) is 1.88. The van der Waals surface area contributed by atoms with Gasteiger partial charge in [0.2, 0.25) is 11.8 Å². The lowest BCUT2D eigenvalue weighted by atomic mass is 10.1. The van der Waals surface area contributed by atoms with E-state index in [1.807, 2.05) is 55.5 Å². The molecule has 5 heteroatoms. The Balaban J connectivity index is 1.75. The fraction of sp³-hybridized carbons (Fsp3) is 0.222. The highest BCUT2D eigenvalue weighted by atomic mass is 32.2. The third-order valence-electron chi connectivity index (χ3n) is 3.85. The minimum atomic E-state index is -0.0841. The van der Waals surface area contributed by atoms with Crippen LogP contribution in [0, 0.1) is 0 Å². The quantitative estimate of drug-likeness (QED) is 0.941. The summed E-state index contributed by atoms with van der Waals surface area (Å²) in [6.07, 6.45) is 0.300. The SMILES string of the molecule is CC1Sc2ccc(CC(=O)N(C)c3ccccc3)cc2NC1=O. The van der Waals surface area contributed by atoms with Crippen molar-refractivity contribution in [2.75, 3.05) is 17.3 Å². The van der Waals surface area contributed by atoms with Gasteiger partial charge in [0.25, 0.3) is 0 Å². The molecule has 0 aromatic heterocycles. The number of benzene rings is 2. The number of fused-ring (bicyclic) bond motifs is 1. The van der Waals surface area contributed by atoms with Crippen LogP contribution < -0.4 is 10.2 Å². The summed E-state index contributed by atoms with van der Waals surface area (Å²) in [4.78, 5) is 26.9. The van der Waals surface area contributed by atoms with Crippen LogP contribution in [0.4, 0.5) is 11.4 Å². The van der Waals surface area contributed by atoms with Gasteiger partial charge in [-0.05, 0) is 36.8 Å². The zero-order chi connectivity index (χ0) is 16.4. The van der Waals surface area contributed by atoms with Crippen molar-refractivity contribution < 1.29 is 9.59 Å². The van der Waals surface area contributed by atoms with Gasteiger partial charge in [-0.15, -0.1) is 11.8 Å². The molecule has 0 aliphatic carbocycles. The van der Waals surface area contributed by atoms with E-state index in [4.69, 9.17) is 0 Å². The molecular weight excluding hydrogens is 308 g/mol. The molecule has 1 unspecified atom stereocenters. The summed E-state index contributed by atoms with van der Waals surface area (Å²) < 4.78 is 0. The zero-order valence-electron chi connectivity index (χ0n) is 13.1. The third kappa shape index (κ3) is 3.40. The third-order valence-corrected chi connectivity index (χ3v) is 5.03. The topological polar surface area (TPSA) is 49.4 Å². The second-order valence-corrected chi connectivity index (χ2v) is 6.93. The van der Waals surface area contributed by atoms with Gasteiger partial charge in [0.05, 0.1) is 17.4 Å². The van der Waals surface area contributed by atoms with Crippen LogP contribution in [-0.2, 0) is 16.0 Å². The molecule has 1 aliphatic heterocycles. The number of carbonyl (C=O) groups excluding carboxylic acids is 2. The Hall–Kier alpha value is -2.27. The van der Waals surface area contributed by atoms with Crippen molar-refractivity contribution in [3.05, 3.63) is 54.1 Å². The van der Waals surface area contributed by atoms with Gasteiger partial charge in [-0.2, -0.15) is 0 Å². The normalized spacial score (nSPS) is 16.4. The van der Waals surface area contributed by atoms with Crippen molar-refractivity contribution in [3.63, 3.8) is 0 Å². The minimum absolute atomic E-state index is 0.00683. The predicted octanol–water partition coefficient (Wildman–Crippen LogP) is 3.32. The molecule has 0 fully saturated rings. The van der Waals surface area contributed by atoms with Crippen LogP contribution in [0.5, 0.6) is 0 Å². The zero-order valence-corrected chi connectivity index (χ0v) is 13.9. The Labute approximate surface area is 139 Å². The van der Waals surface area contributed by atoms with Crippen LogP contribution in [-0.4, -0.2) is 24.1 Å². The number of anilines is 2. The van der Waals surface area contributed by atoms with Crippen molar-refractivity contribution in [2.45, 2.75) is 23.5 Å². The number of thioether (sulfide) groups is 1. The molecule has 1 atom stereocenters. The first kappa shape index (κ1) is 15.6. The fourth-order valence-corrected chi connectivity index (χ4v) is 3.39. The van der Waals surface area contributed by atoms with Gasteiger partial charge in [0.1, 0.15) is 0 Å². The lowest BCUT2D eigenvalue weighted by Gasteiger charge is -2.22. The monoisotopic (exact) mass is 326 g/mol. The van der Waals surface area contributed by atoms with Gasteiger partial charge in [0.15, 0.2) is 0 Å². The maximum Gasteiger partial charge on any atom is 0.237 e. The highest BCUT2D eigenvalue weighted by molar-refractivity contribution is 8.00. The number of nitrogens with one attached hydrogen (secondary N) is 1. The molecular formula is C18H18N2O2S. The molecule has 3 rings (SSSR count). The smallest absolute Gasteiger partial charge is 0.237 e. The Kier molecular flexibility index (Phi) is 4.39. The maximum atomic E-state index is 12.4. The van der Waals surface area contributed by atoms with E-state index in [0.29, 0.717) is 6.42 Å². The Morgan fingerprint density at radius 1 is 1.22 bits per heavy atom. The Bertz CT molecular complexity index is 746. The van der Waals surface area contributed by atoms with E-state index >= 15 is 0 Å². The molecule has 0 saturated heterocycles. The summed E-state index contributed by atoms with van der Waals surface area (Å²) in [5.41, 5.74) is 2.56. The van der Waals surface area contributed by atoms with E-state index in [1.165, 1.54) is 0 Å². The largest absolute Gasteiger partial charge is 0.324 e. The summed E-state index contributed by atoms with van der Waals surface area (Å²) >= 11 is 1.54. The number of carbonyl (C=O) groups is 2. The molecule has 0 radical (unpaired) electrons. The van der Waals surface area contributed by atoms with Gasteiger partial charge in [-0.25, -0.2) is 0 Å². The van der Waals surface area contributed by atoms with Crippen molar-refractivity contribution in [3.8, 4) is 0 Å². The standard InChI is InChI=1S/C18H18N2O2S/c1-12-18(22)19-15-10-13(8-9-16(15)23-12)11-17(21)20(2)14-6-4-3-5-7-14/h3-10,12H,11H2,1-2H3,(H,19,22). The van der Waals surface area contributed by atoms with Crippen LogP contribution in [0.1, 0.15) is 12.5 Å². The number of likely N-dealkylation sites (N-methyl/N-ethyl adjacent to an activating group) is 1. The lowest BCUT2D eigenvalue weighted by molar-refractivity contribution is -0.117. The Morgan fingerprint density at radius 3 is 2.70 bits per heavy atom. The predicted molar refractivity (Wildman–Crippen MR) is 93.9 cm³/mol. The highest BCUT2D eigenvalue weighted by Gasteiger charge is 2.23. The number of nitrogens with zero attached hydrogens (tertiary/aromatic N) is 1. The van der Waals surface area contributed by atoms with Gasteiger partial charge >= 0.3 is 0 Å². The van der Waals surface area contributed by atoms with Gasteiger partial charge in [-0.1, -0.05) is 24.3 Å². The molecule has 2 aromatic carbocycles. The van der Waals surface area contributed by atoms with E-state index in [-0.39, 0.29) is 17.1 Å². The average molecular weight is 326 g/mol. The molecule has 0 spiro atoms. The minimum Gasteiger partial charge on any atom is -0.324 e. The second kappa shape index (κ2) is 6.46. The van der Waals surface area contributed by atoms with E-state index in [0.717, 1.165) is 21.8 Å². The Morgan fingerprint density at radius 2 is 1.96 bits per heavy atom. The summed E-state index contributed by atoms with van der Waals surface area (Å²) in [7, 11) is 1.77. The van der Waals surface area contributed by atoms with Crippen LogP contribution >= 0.6 is 11.8 Å². The maximum absolute atomic E-state index is 12.4. The number of amides is 2. The van der Waals surface area contributed by atoms with Gasteiger partial charge < -0.3 is 10.2 Å². The first-order valence-corrected chi connectivity index (χ1v) is 8.34. The number of para-hydroxylation sites is 1. The molecule has 1 heterocycles. The molecule has 0 saturated carbocycles. The van der Waals surface area contributed by atoms with Crippen LogP contribution in [0.2, 0.25) is 0 Å². The molecule has 23 heavy (non-hydrogen) atoms. The highest BCUT2D eigenvalue weighted by Crippen LogP contribution is 2.36. The molecule has 118 valence electrons. The molecule has 1 N–H and O–H groups in total. The van der Waals surface area contributed by atoms with Crippen molar-refractivity contribution in [1.82, 2.24) is 0 Å². The molecule has 4 nitrogen and oxygen atoms in total. The van der Waals surface area contributed by atoms with Crippen molar-refractivity contribution in [1.29, 1.82) is 0 Å². The van der Waals surface area contributed by atoms with E-state index in [2.05, 4.69) is 5.32 Å². The number of rotatable bonds is 3. The second-order valence-electron chi connectivity index (χ2n) is 5.54. The average Bonchev–Trinajstić information content (AvgIpc) is 2.56. The molecule has 2 amide bonds. The first-order valence-electron chi connectivity index (χ1n) is 7.46. The number of hydrogen-bond donors (Lipinski definition) is 1. The number of hydrogen-bond acceptors (Lipinski definition) is 3. The molecule has 2 aromatic rings. The van der Waals surface area contributed by atoms with Crippen LogP contribution in [0.3, 0.4) is 0 Å². The lowest BCUT2D eigenvalue weighted by Crippen LogP contribution is -2.28. The molecule has 0 bridgehead atoms.